The lowest BCUT2D eigenvalue weighted by Crippen LogP contribution is -2.39. The van der Waals surface area contributed by atoms with Gasteiger partial charge in [0.2, 0.25) is 5.91 Å². The summed E-state index contributed by atoms with van der Waals surface area (Å²) in [5.74, 6) is -0.215. The second-order valence-electron chi connectivity index (χ2n) is 4.76. The van der Waals surface area contributed by atoms with Gasteiger partial charge in [0.1, 0.15) is 12.7 Å². The lowest BCUT2D eigenvalue weighted by molar-refractivity contribution is -0.118. The molecule has 106 valence electrons. The Bertz CT molecular complexity index is 597. The number of nitrogens with two attached hydrogens (primary N) is 1. The van der Waals surface area contributed by atoms with E-state index in [0.29, 0.717) is 16.4 Å². The molecule has 7 heteroatoms. The summed E-state index contributed by atoms with van der Waals surface area (Å²) in [4.78, 5) is 15.9. The molecule has 0 spiro atoms. The Morgan fingerprint density at radius 3 is 2.80 bits per heavy atom. The van der Waals surface area contributed by atoms with E-state index >= 15 is 0 Å². The summed E-state index contributed by atoms with van der Waals surface area (Å²) >= 11 is 5.98. The van der Waals surface area contributed by atoms with Crippen molar-refractivity contribution in [2.75, 3.05) is 5.32 Å². The minimum atomic E-state index is -0.586. The molecule has 3 N–H and O–H groups in total. The molecule has 1 amide bonds. The maximum Gasteiger partial charge on any atom is 0.241 e. The molecule has 0 aliphatic rings. The first-order chi connectivity index (χ1) is 9.49. The van der Waals surface area contributed by atoms with Gasteiger partial charge in [0.15, 0.2) is 0 Å². The highest BCUT2D eigenvalue weighted by molar-refractivity contribution is 6.31. The maximum atomic E-state index is 12.1. The smallest absolute Gasteiger partial charge is 0.241 e. The van der Waals surface area contributed by atoms with E-state index in [1.165, 1.54) is 6.33 Å². The minimum absolute atomic E-state index is 0.0454. The zero-order chi connectivity index (χ0) is 14.7. The number of carbonyl (C=O) groups is 1. The highest BCUT2D eigenvalue weighted by atomic mass is 35.5. The van der Waals surface area contributed by atoms with Crippen molar-refractivity contribution in [3.05, 3.63) is 35.9 Å². The summed E-state index contributed by atoms with van der Waals surface area (Å²) in [6.45, 7) is 3.78. The third-order valence-electron chi connectivity index (χ3n) is 2.90. The van der Waals surface area contributed by atoms with Crippen molar-refractivity contribution in [1.82, 2.24) is 14.8 Å². The number of amides is 1. The van der Waals surface area contributed by atoms with E-state index < -0.39 is 6.04 Å². The Morgan fingerprint density at radius 1 is 1.45 bits per heavy atom. The van der Waals surface area contributed by atoms with Crippen LogP contribution >= 0.6 is 11.6 Å². The molecule has 20 heavy (non-hydrogen) atoms. The summed E-state index contributed by atoms with van der Waals surface area (Å²) < 4.78 is 1.55. The van der Waals surface area contributed by atoms with Gasteiger partial charge in [-0.3, -0.25) is 4.79 Å². The van der Waals surface area contributed by atoms with Crippen molar-refractivity contribution in [3.63, 3.8) is 0 Å². The number of aromatic nitrogens is 3. The largest absolute Gasteiger partial charge is 0.323 e. The molecule has 2 aromatic rings. The van der Waals surface area contributed by atoms with E-state index in [1.807, 2.05) is 13.8 Å². The molecule has 0 unspecified atom stereocenters. The molecule has 2 rings (SSSR count). The number of benzene rings is 1. The van der Waals surface area contributed by atoms with E-state index in [0.717, 1.165) is 0 Å². The van der Waals surface area contributed by atoms with Crippen molar-refractivity contribution < 1.29 is 4.79 Å². The van der Waals surface area contributed by atoms with Crippen LogP contribution in [0.15, 0.2) is 30.9 Å². The Hall–Kier alpha value is -1.92. The molecule has 1 atom stereocenters. The number of hydrogen-bond donors (Lipinski definition) is 2. The SMILES string of the molecule is CC(C)[C@H](N)C(=O)Nc1cc(Cl)ccc1-n1cncn1. The quantitative estimate of drug-likeness (QED) is 0.900. The molecule has 0 aliphatic heterocycles. The van der Waals surface area contributed by atoms with Crippen LogP contribution in [0.4, 0.5) is 5.69 Å². The fourth-order valence-electron chi connectivity index (χ4n) is 1.66. The molecule has 6 nitrogen and oxygen atoms in total. The molecule has 1 aromatic heterocycles. The molecule has 1 heterocycles. The van der Waals surface area contributed by atoms with Gasteiger partial charge in [0, 0.05) is 5.02 Å². The molecule has 0 saturated carbocycles. The fraction of sp³-hybridized carbons (Fsp3) is 0.308. The second-order valence-corrected chi connectivity index (χ2v) is 5.20. The van der Waals surface area contributed by atoms with Gasteiger partial charge < -0.3 is 11.1 Å². The lowest BCUT2D eigenvalue weighted by atomic mass is 10.0. The van der Waals surface area contributed by atoms with Crippen LogP contribution in [0, 0.1) is 5.92 Å². The molecular weight excluding hydrogens is 278 g/mol. The summed E-state index contributed by atoms with van der Waals surface area (Å²) in [6.07, 6.45) is 2.96. The topological polar surface area (TPSA) is 85.8 Å². The van der Waals surface area contributed by atoms with Crippen LogP contribution in [0.25, 0.3) is 5.69 Å². The van der Waals surface area contributed by atoms with Gasteiger partial charge in [0.05, 0.1) is 17.4 Å². The second kappa shape index (κ2) is 6.02. The first kappa shape index (κ1) is 14.5. The van der Waals surface area contributed by atoms with Crippen molar-refractivity contribution in [2.45, 2.75) is 19.9 Å². The van der Waals surface area contributed by atoms with Gasteiger partial charge in [-0.15, -0.1) is 0 Å². The van der Waals surface area contributed by atoms with Crippen LogP contribution in [0.2, 0.25) is 5.02 Å². The standard InChI is InChI=1S/C13H16ClN5O/c1-8(2)12(15)13(20)18-10-5-9(14)3-4-11(10)19-7-16-6-17-19/h3-8,12H,15H2,1-2H3,(H,18,20)/t12-/m0/s1. The average Bonchev–Trinajstić information content (AvgIpc) is 2.91. The fourth-order valence-corrected chi connectivity index (χ4v) is 1.83. The van der Waals surface area contributed by atoms with Gasteiger partial charge in [-0.1, -0.05) is 25.4 Å². The summed E-state index contributed by atoms with van der Waals surface area (Å²) in [7, 11) is 0. The zero-order valence-electron chi connectivity index (χ0n) is 11.2. The number of halogens is 1. The summed E-state index contributed by atoms with van der Waals surface area (Å²) in [5.41, 5.74) is 7.06. The maximum absolute atomic E-state index is 12.1. The monoisotopic (exact) mass is 293 g/mol. The normalized spacial score (nSPS) is 12.4. The number of nitrogens with one attached hydrogen (secondary N) is 1. The van der Waals surface area contributed by atoms with Crippen LogP contribution in [0.3, 0.4) is 0 Å². The lowest BCUT2D eigenvalue weighted by Gasteiger charge is -2.17. The molecule has 0 saturated heterocycles. The molecule has 0 radical (unpaired) electrons. The predicted octanol–water partition coefficient (Wildman–Crippen LogP) is 1.84. The Kier molecular flexibility index (Phi) is 4.36. The van der Waals surface area contributed by atoms with Crippen LogP contribution in [0.1, 0.15) is 13.8 Å². The van der Waals surface area contributed by atoms with E-state index in [2.05, 4.69) is 15.4 Å². The third-order valence-corrected chi connectivity index (χ3v) is 3.14. The first-order valence-electron chi connectivity index (χ1n) is 6.20. The predicted molar refractivity (Wildman–Crippen MR) is 77.8 cm³/mol. The Morgan fingerprint density at radius 2 is 2.20 bits per heavy atom. The molecule has 0 aliphatic carbocycles. The van der Waals surface area contributed by atoms with E-state index in [9.17, 15) is 4.79 Å². The van der Waals surface area contributed by atoms with Gasteiger partial charge >= 0.3 is 0 Å². The van der Waals surface area contributed by atoms with E-state index in [-0.39, 0.29) is 11.8 Å². The zero-order valence-corrected chi connectivity index (χ0v) is 12.0. The van der Waals surface area contributed by atoms with Gasteiger partial charge in [-0.2, -0.15) is 5.10 Å². The van der Waals surface area contributed by atoms with Crippen LogP contribution in [-0.2, 0) is 4.79 Å². The van der Waals surface area contributed by atoms with E-state index in [1.54, 1.807) is 29.2 Å². The van der Waals surface area contributed by atoms with Crippen LogP contribution < -0.4 is 11.1 Å². The molecule has 0 bridgehead atoms. The van der Waals surface area contributed by atoms with Gasteiger partial charge in [-0.25, -0.2) is 9.67 Å². The first-order valence-corrected chi connectivity index (χ1v) is 6.58. The number of hydrogen-bond acceptors (Lipinski definition) is 4. The number of anilines is 1. The number of rotatable bonds is 4. The highest BCUT2D eigenvalue weighted by Crippen LogP contribution is 2.24. The summed E-state index contributed by atoms with van der Waals surface area (Å²) in [5, 5.41) is 7.34. The Balaban J connectivity index is 2.31. The van der Waals surface area contributed by atoms with Crippen molar-refractivity contribution in [3.8, 4) is 5.69 Å². The van der Waals surface area contributed by atoms with Crippen LogP contribution in [-0.4, -0.2) is 26.7 Å². The number of carbonyl (C=O) groups excluding carboxylic acids is 1. The van der Waals surface area contributed by atoms with Gasteiger partial charge in [-0.05, 0) is 24.1 Å². The van der Waals surface area contributed by atoms with Crippen LogP contribution in [0.5, 0.6) is 0 Å². The average molecular weight is 294 g/mol. The molecule has 0 fully saturated rings. The van der Waals surface area contributed by atoms with E-state index in [4.69, 9.17) is 17.3 Å². The van der Waals surface area contributed by atoms with Crippen molar-refractivity contribution in [1.29, 1.82) is 0 Å². The Labute approximate surface area is 121 Å². The summed E-state index contributed by atoms with van der Waals surface area (Å²) in [6, 6.07) is 4.55. The third kappa shape index (κ3) is 3.15. The van der Waals surface area contributed by atoms with Crippen molar-refractivity contribution in [2.24, 2.45) is 11.7 Å². The number of nitrogens with zero attached hydrogens (tertiary/aromatic N) is 3. The molecular formula is C13H16ClN5O. The minimum Gasteiger partial charge on any atom is -0.323 e. The highest BCUT2D eigenvalue weighted by Gasteiger charge is 2.19. The molecule has 1 aromatic carbocycles. The van der Waals surface area contributed by atoms with Gasteiger partial charge in [0.25, 0.3) is 0 Å². The van der Waals surface area contributed by atoms with Crippen molar-refractivity contribution >= 4 is 23.2 Å².